The SMILES string of the molecule is C=CCN1CCN(C(=O)CC)C[C@@H](Cc2ccc(-c3ccccc3F)cc2)C1=O. The molecule has 4 nitrogen and oxygen atoms in total. The maximum Gasteiger partial charge on any atom is 0.228 e. The molecule has 2 aromatic rings. The van der Waals surface area contributed by atoms with E-state index in [1.54, 1.807) is 28.0 Å². The van der Waals surface area contributed by atoms with Crippen LogP contribution in [0.2, 0.25) is 0 Å². The van der Waals surface area contributed by atoms with Gasteiger partial charge in [-0.25, -0.2) is 4.39 Å². The van der Waals surface area contributed by atoms with Gasteiger partial charge in [0.25, 0.3) is 0 Å². The monoisotopic (exact) mass is 394 g/mol. The van der Waals surface area contributed by atoms with E-state index in [1.165, 1.54) is 6.07 Å². The zero-order valence-corrected chi connectivity index (χ0v) is 16.8. The molecule has 0 bridgehead atoms. The van der Waals surface area contributed by atoms with Crippen LogP contribution in [0, 0.1) is 11.7 Å². The molecule has 3 rings (SSSR count). The molecule has 0 saturated carbocycles. The minimum Gasteiger partial charge on any atom is -0.340 e. The largest absolute Gasteiger partial charge is 0.340 e. The summed E-state index contributed by atoms with van der Waals surface area (Å²) >= 11 is 0. The third kappa shape index (κ3) is 4.91. The van der Waals surface area contributed by atoms with Gasteiger partial charge in [-0.1, -0.05) is 55.5 Å². The van der Waals surface area contributed by atoms with E-state index in [0.29, 0.717) is 44.6 Å². The van der Waals surface area contributed by atoms with Gasteiger partial charge in [-0.15, -0.1) is 6.58 Å². The number of benzene rings is 2. The van der Waals surface area contributed by atoms with Crippen LogP contribution in [0.15, 0.2) is 61.2 Å². The first kappa shape index (κ1) is 20.8. The first-order valence-electron chi connectivity index (χ1n) is 10.0. The van der Waals surface area contributed by atoms with Gasteiger partial charge in [-0.3, -0.25) is 9.59 Å². The highest BCUT2D eigenvalue weighted by molar-refractivity contribution is 5.82. The van der Waals surface area contributed by atoms with E-state index in [1.807, 2.05) is 37.3 Å². The second-order valence-electron chi connectivity index (χ2n) is 7.34. The highest BCUT2D eigenvalue weighted by atomic mass is 19.1. The molecule has 5 heteroatoms. The average molecular weight is 394 g/mol. The molecule has 0 aliphatic carbocycles. The van der Waals surface area contributed by atoms with Gasteiger partial charge < -0.3 is 9.80 Å². The van der Waals surface area contributed by atoms with Crippen molar-refractivity contribution in [3.63, 3.8) is 0 Å². The third-order valence-electron chi connectivity index (χ3n) is 5.37. The molecule has 2 amide bonds. The Morgan fingerprint density at radius 2 is 1.90 bits per heavy atom. The van der Waals surface area contributed by atoms with Crippen LogP contribution in [0.1, 0.15) is 18.9 Å². The maximum atomic E-state index is 14.0. The van der Waals surface area contributed by atoms with Crippen molar-refractivity contribution in [1.82, 2.24) is 9.80 Å². The van der Waals surface area contributed by atoms with Gasteiger partial charge in [0.1, 0.15) is 5.82 Å². The van der Waals surface area contributed by atoms with Gasteiger partial charge in [0.15, 0.2) is 0 Å². The maximum absolute atomic E-state index is 14.0. The predicted molar refractivity (Wildman–Crippen MR) is 113 cm³/mol. The van der Waals surface area contributed by atoms with E-state index in [9.17, 15) is 14.0 Å². The van der Waals surface area contributed by atoms with Crippen molar-refractivity contribution < 1.29 is 14.0 Å². The summed E-state index contributed by atoms with van der Waals surface area (Å²) in [7, 11) is 0. The number of hydrogen-bond acceptors (Lipinski definition) is 2. The molecule has 1 fully saturated rings. The van der Waals surface area contributed by atoms with Crippen LogP contribution in [-0.4, -0.2) is 47.8 Å². The van der Waals surface area contributed by atoms with E-state index in [4.69, 9.17) is 0 Å². The summed E-state index contributed by atoms with van der Waals surface area (Å²) in [6.07, 6.45) is 2.69. The Morgan fingerprint density at radius 1 is 1.17 bits per heavy atom. The fraction of sp³-hybridized carbons (Fsp3) is 0.333. The van der Waals surface area contributed by atoms with Gasteiger partial charge in [0, 0.05) is 38.2 Å². The van der Waals surface area contributed by atoms with E-state index >= 15 is 0 Å². The summed E-state index contributed by atoms with van der Waals surface area (Å²) in [6.45, 7) is 7.56. The first-order chi connectivity index (χ1) is 14.0. The molecule has 1 aliphatic rings. The smallest absolute Gasteiger partial charge is 0.228 e. The first-order valence-corrected chi connectivity index (χ1v) is 10.0. The van der Waals surface area contributed by atoms with Crippen LogP contribution in [0.5, 0.6) is 0 Å². The van der Waals surface area contributed by atoms with Crippen LogP contribution in [0.3, 0.4) is 0 Å². The van der Waals surface area contributed by atoms with E-state index in [2.05, 4.69) is 6.58 Å². The molecule has 1 aliphatic heterocycles. The zero-order valence-electron chi connectivity index (χ0n) is 16.8. The lowest BCUT2D eigenvalue weighted by molar-refractivity contribution is -0.134. The molecular formula is C24H27FN2O2. The molecule has 29 heavy (non-hydrogen) atoms. The lowest BCUT2D eigenvalue weighted by atomic mass is 9.95. The fourth-order valence-electron chi connectivity index (χ4n) is 3.78. The molecule has 0 aromatic heterocycles. The lowest BCUT2D eigenvalue weighted by Gasteiger charge is -2.23. The number of carbonyl (C=O) groups excluding carboxylic acids is 2. The summed E-state index contributed by atoms with van der Waals surface area (Å²) in [5.74, 6) is -0.437. The molecule has 2 aromatic carbocycles. The minimum atomic E-state index is -0.299. The van der Waals surface area contributed by atoms with E-state index in [-0.39, 0.29) is 23.5 Å². The number of nitrogens with zero attached hydrogens (tertiary/aromatic N) is 2. The molecule has 0 radical (unpaired) electrons. The van der Waals surface area contributed by atoms with Crippen molar-refractivity contribution in [1.29, 1.82) is 0 Å². The molecule has 1 atom stereocenters. The summed E-state index contributed by atoms with van der Waals surface area (Å²) < 4.78 is 14.0. The van der Waals surface area contributed by atoms with Crippen molar-refractivity contribution in [2.75, 3.05) is 26.2 Å². The van der Waals surface area contributed by atoms with Crippen LogP contribution in [-0.2, 0) is 16.0 Å². The Kier molecular flexibility index (Phi) is 6.81. The topological polar surface area (TPSA) is 40.6 Å². The zero-order chi connectivity index (χ0) is 20.8. The molecule has 0 spiro atoms. The normalized spacial score (nSPS) is 17.2. The quantitative estimate of drug-likeness (QED) is 0.697. The number of halogens is 1. The third-order valence-corrected chi connectivity index (χ3v) is 5.37. The molecule has 0 N–H and O–H groups in total. The number of rotatable bonds is 6. The van der Waals surface area contributed by atoms with Crippen molar-refractivity contribution >= 4 is 11.8 Å². The lowest BCUT2D eigenvalue weighted by Crippen LogP contribution is -2.37. The van der Waals surface area contributed by atoms with Gasteiger partial charge >= 0.3 is 0 Å². The van der Waals surface area contributed by atoms with Gasteiger partial charge in [-0.2, -0.15) is 0 Å². The summed E-state index contributed by atoms with van der Waals surface area (Å²) in [5.41, 5.74) is 2.35. The van der Waals surface area contributed by atoms with Crippen LogP contribution in [0.25, 0.3) is 11.1 Å². The fourth-order valence-corrected chi connectivity index (χ4v) is 3.78. The molecular weight excluding hydrogens is 367 g/mol. The van der Waals surface area contributed by atoms with Crippen LogP contribution in [0.4, 0.5) is 4.39 Å². The van der Waals surface area contributed by atoms with Gasteiger partial charge in [0.2, 0.25) is 11.8 Å². The molecule has 152 valence electrons. The van der Waals surface area contributed by atoms with E-state index < -0.39 is 0 Å². The van der Waals surface area contributed by atoms with Crippen LogP contribution < -0.4 is 0 Å². The highest BCUT2D eigenvalue weighted by Crippen LogP contribution is 2.24. The van der Waals surface area contributed by atoms with E-state index in [0.717, 1.165) is 11.1 Å². The Bertz CT molecular complexity index is 879. The Hall–Kier alpha value is -2.95. The number of hydrogen-bond donors (Lipinski definition) is 0. The summed E-state index contributed by atoms with van der Waals surface area (Å²) in [6, 6.07) is 14.3. The second-order valence-corrected chi connectivity index (χ2v) is 7.34. The van der Waals surface area contributed by atoms with Gasteiger partial charge in [0.05, 0.1) is 5.92 Å². The standard InChI is InChI=1S/C24H27FN2O2/c1-3-13-26-14-15-27(23(28)4-2)17-20(24(26)29)16-18-9-11-19(12-10-18)21-7-5-6-8-22(21)25/h3,5-12,20H,1,4,13-17H2,2H3/t20-/m1/s1. The van der Waals surface area contributed by atoms with Crippen molar-refractivity contribution in [2.45, 2.75) is 19.8 Å². The van der Waals surface area contributed by atoms with Crippen molar-refractivity contribution in [2.24, 2.45) is 5.92 Å². The Morgan fingerprint density at radius 3 is 2.55 bits per heavy atom. The predicted octanol–water partition coefficient (Wildman–Crippen LogP) is 3.92. The summed E-state index contributed by atoms with van der Waals surface area (Å²) in [5, 5.41) is 0. The van der Waals surface area contributed by atoms with Crippen molar-refractivity contribution in [3.05, 3.63) is 72.6 Å². The highest BCUT2D eigenvalue weighted by Gasteiger charge is 2.31. The molecule has 1 heterocycles. The minimum absolute atomic E-state index is 0.0504. The van der Waals surface area contributed by atoms with Gasteiger partial charge in [-0.05, 0) is 23.6 Å². The second kappa shape index (κ2) is 9.50. The number of carbonyl (C=O) groups is 2. The Labute approximate surface area is 171 Å². The molecule has 1 saturated heterocycles. The number of amides is 2. The van der Waals surface area contributed by atoms with Crippen molar-refractivity contribution in [3.8, 4) is 11.1 Å². The Balaban J connectivity index is 1.79. The summed E-state index contributed by atoms with van der Waals surface area (Å²) in [4.78, 5) is 28.8. The average Bonchev–Trinajstić information content (AvgIpc) is 2.89. The van der Waals surface area contributed by atoms with Crippen LogP contribution >= 0.6 is 0 Å². The molecule has 0 unspecified atom stereocenters.